The molecule has 0 spiro atoms. The number of allylic oxidation sites excluding steroid dienone is 3. The van der Waals surface area contributed by atoms with E-state index in [0.29, 0.717) is 18.4 Å². The zero-order valence-corrected chi connectivity index (χ0v) is 12.1. The fourth-order valence-corrected chi connectivity index (χ4v) is 2.75. The van der Waals surface area contributed by atoms with E-state index in [1.54, 1.807) is 11.1 Å². The smallest absolute Gasteiger partial charge is 0.229 e. The Bertz CT molecular complexity index is 403. The third-order valence-electron chi connectivity index (χ3n) is 4.23. The number of hydrogen-bond acceptors (Lipinski definition) is 1. The van der Waals surface area contributed by atoms with Crippen molar-refractivity contribution in [1.29, 1.82) is 0 Å². The van der Waals surface area contributed by atoms with Crippen molar-refractivity contribution >= 4 is 5.91 Å². The van der Waals surface area contributed by atoms with Gasteiger partial charge in [0.1, 0.15) is 0 Å². The van der Waals surface area contributed by atoms with Gasteiger partial charge in [0.2, 0.25) is 5.91 Å². The van der Waals surface area contributed by atoms with Crippen molar-refractivity contribution in [2.24, 2.45) is 17.8 Å². The van der Waals surface area contributed by atoms with Crippen molar-refractivity contribution < 1.29 is 4.79 Å². The first-order valence-corrected chi connectivity index (χ1v) is 7.37. The highest BCUT2D eigenvalue weighted by Crippen LogP contribution is 2.31. The molecule has 104 valence electrons. The van der Waals surface area contributed by atoms with Crippen LogP contribution in [0.3, 0.4) is 0 Å². The molecule has 2 unspecified atom stereocenters. The lowest BCUT2D eigenvalue weighted by molar-refractivity contribution is -0.129. The van der Waals surface area contributed by atoms with Crippen LogP contribution in [0.4, 0.5) is 0 Å². The molecule has 2 nitrogen and oxygen atoms in total. The van der Waals surface area contributed by atoms with Crippen LogP contribution in [-0.4, -0.2) is 17.4 Å². The maximum atomic E-state index is 11.9. The van der Waals surface area contributed by atoms with Crippen molar-refractivity contribution in [3.05, 3.63) is 36.6 Å². The van der Waals surface area contributed by atoms with Crippen molar-refractivity contribution in [3.8, 4) is 0 Å². The molecular formula is C17H25NO. The number of amides is 1. The summed E-state index contributed by atoms with van der Waals surface area (Å²) < 4.78 is 0. The van der Waals surface area contributed by atoms with Crippen LogP contribution >= 0.6 is 0 Å². The predicted octanol–water partition coefficient (Wildman–Crippen LogP) is 3.92. The molecule has 0 aliphatic heterocycles. The maximum Gasteiger partial charge on any atom is 0.229 e. The van der Waals surface area contributed by atoms with Crippen LogP contribution in [0, 0.1) is 17.8 Å². The quantitative estimate of drug-likeness (QED) is 0.685. The first-order valence-electron chi connectivity index (χ1n) is 7.37. The lowest BCUT2D eigenvalue weighted by Gasteiger charge is -2.25. The standard InChI is InChI=1S/C17H25NO/c1-4-18(17(19)16-9-10-16)11-5-6-15-8-7-13(2)12-14(15)3/h4-7,14-16H,1,8-12H2,2-3H3. The maximum absolute atomic E-state index is 11.9. The Morgan fingerprint density at radius 1 is 1.53 bits per heavy atom. The first kappa shape index (κ1) is 14.1. The molecule has 2 aliphatic carbocycles. The molecule has 2 aliphatic rings. The van der Waals surface area contributed by atoms with Gasteiger partial charge in [0.15, 0.2) is 0 Å². The second kappa shape index (κ2) is 6.23. The second-order valence-corrected chi connectivity index (χ2v) is 6.01. The Balaban J connectivity index is 1.84. The van der Waals surface area contributed by atoms with Gasteiger partial charge in [-0.1, -0.05) is 37.3 Å². The van der Waals surface area contributed by atoms with Gasteiger partial charge in [-0.15, -0.1) is 0 Å². The summed E-state index contributed by atoms with van der Waals surface area (Å²) in [7, 11) is 0. The molecule has 1 fully saturated rings. The van der Waals surface area contributed by atoms with Gasteiger partial charge in [0.25, 0.3) is 0 Å². The molecule has 0 bridgehead atoms. The van der Waals surface area contributed by atoms with Gasteiger partial charge in [-0.25, -0.2) is 0 Å². The Labute approximate surface area is 116 Å². The summed E-state index contributed by atoms with van der Waals surface area (Å²) in [6.07, 6.45) is 12.9. The van der Waals surface area contributed by atoms with Gasteiger partial charge in [-0.05, 0) is 50.6 Å². The summed E-state index contributed by atoms with van der Waals surface area (Å²) in [6.45, 7) is 8.94. The van der Waals surface area contributed by atoms with Gasteiger partial charge in [-0.2, -0.15) is 0 Å². The third-order valence-corrected chi connectivity index (χ3v) is 4.23. The van der Waals surface area contributed by atoms with E-state index >= 15 is 0 Å². The van der Waals surface area contributed by atoms with Crippen molar-refractivity contribution in [3.63, 3.8) is 0 Å². The predicted molar refractivity (Wildman–Crippen MR) is 79.4 cm³/mol. The molecule has 1 saturated carbocycles. The van der Waals surface area contributed by atoms with Crippen LogP contribution in [0.2, 0.25) is 0 Å². The van der Waals surface area contributed by atoms with Crippen LogP contribution in [0.25, 0.3) is 0 Å². The summed E-state index contributed by atoms with van der Waals surface area (Å²) in [5, 5.41) is 0. The van der Waals surface area contributed by atoms with Crippen LogP contribution in [0.5, 0.6) is 0 Å². The Hall–Kier alpha value is -1.31. The van der Waals surface area contributed by atoms with Crippen LogP contribution in [0.15, 0.2) is 36.6 Å². The van der Waals surface area contributed by atoms with E-state index < -0.39 is 0 Å². The molecule has 0 saturated heterocycles. The lowest BCUT2D eigenvalue weighted by atomic mass is 9.81. The number of carbonyl (C=O) groups is 1. The van der Waals surface area contributed by atoms with Crippen LogP contribution in [0.1, 0.15) is 39.5 Å². The van der Waals surface area contributed by atoms with E-state index in [4.69, 9.17) is 0 Å². The van der Waals surface area contributed by atoms with Crippen molar-refractivity contribution in [2.75, 3.05) is 6.54 Å². The molecule has 2 heteroatoms. The highest BCUT2D eigenvalue weighted by atomic mass is 16.2. The molecule has 0 aromatic carbocycles. The summed E-state index contributed by atoms with van der Waals surface area (Å²) in [5.74, 6) is 1.83. The largest absolute Gasteiger partial charge is 0.316 e. The topological polar surface area (TPSA) is 20.3 Å². The molecule has 0 radical (unpaired) electrons. The van der Waals surface area contributed by atoms with E-state index in [-0.39, 0.29) is 11.8 Å². The molecule has 0 aromatic rings. The number of rotatable bonds is 5. The fraction of sp³-hybridized carbons (Fsp3) is 0.588. The van der Waals surface area contributed by atoms with Gasteiger partial charge in [0, 0.05) is 12.5 Å². The highest BCUT2D eigenvalue weighted by molar-refractivity contribution is 5.82. The first-order chi connectivity index (χ1) is 9.11. The second-order valence-electron chi connectivity index (χ2n) is 6.01. The molecule has 0 N–H and O–H groups in total. The average Bonchev–Trinajstić information content (AvgIpc) is 3.20. The van der Waals surface area contributed by atoms with E-state index in [1.165, 1.54) is 12.0 Å². The SMILES string of the molecule is C=CN(CC=CC1CC=C(C)CC1C)C(=O)C1CC1. The molecule has 19 heavy (non-hydrogen) atoms. The fourth-order valence-electron chi connectivity index (χ4n) is 2.75. The minimum Gasteiger partial charge on any atom is -0.316 e. The summed E-state index contributed by atoms with van der Waals surface area (Å²) >= 11 is 0. The van der Waals surface area contributed by atoms with E-state index in [9.17, 15) is 4.79 Å². The summed E-state index contributed by atoms with van der Waals surface area (Å²) in [4.78, 5) is 13.7. The average molecular weight is 259 g/mol. The van der Waals surface area contributed by atoms with Gasteiger partial charge < -0.3 is 4.90 Å². The van der Waals surface area contributed by atoms with Crippen molar-refractivity contribution in [1.82, 2.24) is 4.90 Å². The van der Waals surface area contributed by atoms with Gasteiger partial charge in [0.05, 0.1) is 0 Å². The van der Waals surface area contributed by atoms with Crippen LogP contribution in [-0.2, 0) is 4.79 Å². The van der Waals surface area contributed by atoms with Gasteiger partial charge >= 0.3 is 0 Å². The summed E-state index contributed by atoms with van der Waals surface area (Å²) in [6, 6.07) is 0. The Morgan fingerprint density at radius 2 is 2.26 bits per heavy atom. The summed E-state index contributed by atoms with van der Waals surface area (Å²) in [5.41, 5.74) is 1.51. The minimum atomic E-state index is 0.243. The highest BCUT2D eigenvalue weighted by Gasteiger charge is 2.32. The number of nitrogens with zero attached hydrogens (tertiary/aromatic N) is 1. The molecule has 0 heterocycles. The minimum absolute atomic E-state index is 0.243. The number of carbonyl (C=O) groups excluding carboxylic acids is 1. The molecule has 2 atom stereocenters. The van der Waals surface area contributed by atoms with Gasteiger partial charge in [-0.3, -0.25) is 4.79 Å². The normalized spacial score (nSPS) is 27.2. The number of hydrogen-bond donors (Lipinski definition) is 0. The molecule has 0 aromatic heterocycles. The Kier molecular flexibility index (Phi) is 4.62. The third kappa shape index (κ3) is 3.82. The van der Waals surface area contributed by atoms with E-state index in [0.717, 1.165) is 19.3 Å². The van der Waals surface area contributed by atoms with E-state index in [2.05, 4.69) is 38.7 Å². The van der Waals surface area contributed by atoms with E-state index in [1.807, 2.05) is 0 Å². The Morgan fingerprint density at radius 3 is 2.84 bits per heavy atom. The zero-order chi connectivity index (χ0) is 13.8. The molecule has 1 amide bonds. The monoisotopic (exact) mass is 259 g/mol. The zero-order valence-electron chi connectivity index (χ0n) is 12.1. The molecule has 2 rings (SSSR count). The lowest BCUT2D eigenvalue weighted by Crippen LogP contribution is -2.27. The van der Waals surface area contributed by atoms with Crippen LogP contribution < -0.4 is 0 Å². The molecular weight excluding hydrogens is 234 g/mol. The van der Waals surface area contributed by atoms with Crippen molar-refractivity contribution in [2.45, 2.75) is 39.5 Å².